The van der Waals surface area contributed by atoms with Crippen LogP contribution >= 0.6 is 12.4 Å². The first-order valence-corrected chi connectivity index (χ1v) is 27.4. The van der Waals surface area contributed by atoms with Gasteiger partial charge in [0.05, 0.1) is 24.6 Å². The van der Waals surface area contributed by atoms with E-state index in [1.807, 2.05) is 121 Å². The molecule has 2 aliphatic heterocycles. The lowest BCUT2D eigenvalue weighted by Crippen LogP contribution is -2.53. The van der Waals surface area contributed by atoms with Crippen molar-refractivity contribution >= 4 is 66.2 Å². The third-order valence-electron chi connectivity index (χ3n) is 12.3. The summed E-state index contributed by atoms with van der Waals surface area (Å²) < 4.78 is 30.7. The van der Waals surface area contributed by atoms with Crippen LogP contribution in [0.3, 0.4) is 0 Å². The number of fused-ring (bicyclic) bond motifs is 2. The molecule has 0 aliphatic carbocycles. The first-order chi connectivity index (χ1) is 42.1. The molecule has 2 aliphatic rings. The minimum absolute atomic E-state index is 0. The van der Waals surface area contributed by atoms with Crippen molar-refractivity contribution in [1.29, 1.82) is 0 Å². The van der Waals surface area contributed by atoms with Crippen molar-refractivity contribution in [3.8, 4) is 23.8 Å². The normalized spacial score (nSPS) is 15.1. The maximum atomic E-state index is 12.9. The van der Waals surface area contributed by atoms with Crippen molar-refractivity contribution in [3.63, 3.8) is 0 Å². The average Bonchev–Trinajstić information content (AvgIpc) is 3.53. The molecule has 6 heterocycles. The number of hydrogen-bond acceptors (Lipinski definition) is 19. The first kappa shape index (κ1) is 70.0. The van der Waals surface area contributed by atoms with E-state index in [1.54, 1.807) is 96.5 Å². The molecule has 4 N–H and O–H groups in total. The molecule has 0 spiro atoms. The Kier molecular flexibility index (Phi) is 30.0. The van der Waals surface area contributed by atoms with Crippen molar-refractivity contribution < 1.29 is 62.0 Å². The fourth-order valence-corrected chi connectivity index (χ4v) is 7.88. The number of esters is 2. The van der Waals surface area contributed by atoms with Gasteiger partial charge in [0.15, 0.2) is 23.1 Å². The Bertz CT molecular complexity index is 3490. The number of benzene rings is 4. The van der Waals surface area contributed by atoms with Gasteiger partial charge in [-0.05, 0) is 74.2 Å². The van der Waals surface area contributed by atoms with Crippen molar-refractivity contribution in [2.45, 2.75) is 77.7 Å². The molecular weight excluding hydrogens is 1150 g/mol. The number of carbonyl (C=O) groups excluding carboxylic acids is 6. The lowest BCUT2D eigenvalue weighted by atomic mass is 10.1. The van der Waals surface area contributed by atoms with Crippen LogP contribution in [-0.4, -0.2) is 119 Å². The van der Waals surface area contributed by atoms with Crippen LogP contribution in [0.25, 0.3) is 0 Å². The molecule has 460 valence electrons. The zero-order valence-electron chi connectivity index (χ0n) is 49.4. The Labute approximate surface area is 516 Å². The lowest BCUT2D eigenvalue weighted by molar-refractivity contribution is -0.136. The van der Waals surface area contributed by atoms with Crippen LogP contribution in [0.2, 0.25) is 0 Å². The summed E-state index contributed by atoms with van der Waals surface area (Å²) in [5, 5.41) is 21.5. The van der Waals surface area contributed by atoms with Gasteiger partial charge < -0.3 is 49.0 Å². The molecule has 0 radical (unpaired) electrons. The van der Waals surface area contributed by atoms with E-state index in [2.05, 4.69) is 41.9 Å². The van der Waals surface area contributed by atoms with Crippen LogP contribution in [0.5, 0.6) is 11.5 Å². The number of halogens is 1. The van der Waals surface area contributed by atoms with E-state index in [1.165, 1.54) is 16.0 Å². The summed E-state index contributed by atoms with van der Waals surface area (Å²) in [5.74, 6) is 1.89. The van der Waals surface area contributed by atoms with E-state index >= 15 is 0 Å². The molecule has 0 bridgehead atoms. The number of nitrogens with zero attached hydrogens (tertiary/aromatic N) is 7. The molecule has 88 heavy (non-hydrogen) atoms. The molecular formula is C65H70ClN9O13. The van der Waals surface area contributed by atoms with Gasteiger partial charge in [0.2, 0.25) is 17.4 Å². The number of nitrogens with one attached hydrogen (secondary N) is 1. The number of likely N-dealkylation sites (N-methyl/N-ethyl adjacent to an activating group) is 2. The van der Waals surface area contributed by atoms with Gasteiger partial charge in [-0.15, -0.1) is 24.0 Å². The Morgan fingerprint density at radius 3 is 1.56 bits per heavy atom. The van der Waals surface area contributed by atoms with Gasteiger partial charge in [-0.2, -0.15) is 0 Å². The van der Waals surface area contributed by atoms with Crippen LogP contribution in [0, 0.1) is 12.3 Å². The quantitative estimate of drug-likeness (QED) is 0.0185. The summed E-state index contributed by atoms with van der Waals surface area (Å²) in [6.07, 6.45) is 11.7. The molecule has 0 saturated carbocycles. The number of anilines is 2. The summed E-state index contributed by atoms with van der Waals surface area (Å²) >= 11 is 0. The fourth-order valence-electron chi connectivity index (χ4n) is 7.88. The van der Waals surface area contributed by atoms with E-state index in [0.29, 0.717) is 67.7 Å². The third-order valence-corrected chi connectivity index (χ3v) is 12.3. The van der Waals surface area contributed by atoms with Gasteiger partial charge in [0.1, 0.15) is 30.6 Å². The van der Waals surface area contributed by atoms with E-state index in [-0.39, 0.29) is 41.8 Å². The summed E-state index contributed by atoms with van der Waals surface area (Å²) in [4.78, 5) is 79.7. The van der Waals surface area contributed by atoms with E-state index in [4.69, 9.17) is 34.2 Å². The number of rotatable bonds is 13. The second kappa shape index (κ2) is 37.7. The fraction of sp³-hybridized carbons (Fsp3) is 0.246. The van der Waals surface area contributed by atoms with Crippen LogP contribution in [-0.2, 0) is 54.3 Å². The predicted octanol–water partition coefficient (Wildman–Crippen LogP) is 8.52. The molecule has 0 fully saturated rings. The van der Waals surface area contributed by atoms with Crippen LogP contribution in [0.4, 0.5) is 11.6 Å². The minimum atomic E-state index is -0.899. The van der Waals surface area contributed by atoms with Gasteiger partial charge in [-0.1, -0.05) is 132 Å². The highest BCUT2D eigenvalue weighted by Crippen LogP contribution is 2.31. The topological polar surface area (TPSA) is 294 Å². The van der Waals surface area contributed by atoms with Crippen LogP contribution in [0.15, 0.2) is 184 Å². The number of terminal acetylenes is 1. The number of pyridine rings is 2. The van der Waals surface area contributed by atoms with E-state index in [9.17, 15) is 28.8 Å². The number of aldehydes is 1. The molecule has 4 aromatic heterocycles. The van der Waals surface area contributed by atoms with Gasteiger partial charge in [-0.3, -0.25) is 24.2 Å². The largest absolute Gasteiger partial charge is 0.485 e. The van der Waals surface area contributed by atoms with Crippen molar-refractivity contribution in [2.24, 2.45) is 10.9 Å². The van der Waals surface area contributed by atoms with Crippen LogP contribution < -0.4 is 30.3 Å². The Morgan fingerprint density at radius 2 is 1.10 bits per heavy atom. The molecule has 0 unspecified atom stereocenters. The molecule has 0 saturated heterocycles. The SMILES string of the molecule is C#CC(=O)OCC.CCOC(=O)c1cc(Cc2ccccc2)no1.C[C@H]1Oc2cccnc2N(C)C(=O)[C@H]1N.C[C@H]1Oc2cccnc2N(C)C(=O)[C@H]1NC(=O)c1cc(Cc2ccccc2)no1.Cl.O/N=C/Cc1ccccc1.O=CCc1ccccc1. The Balaban J connectivity index is 0.000000242. The maximum absolute atomic E-state index is 12.9. The smallest absolute Gasteiger partial charge is 0.384 e. The van der Waals surface area contributed by atoms with Gasteiger partial charge in [0.25, 0.3) is 11.8 Å². The maximum Gasteiger partial charge on any atom is 0.384 e. The van der Waals surface area contributed by atoms with Crippen molar-refractivity contribution in [3.05, 3.63) is 215 Å². The number of amides is 3. The molecule has 22 nitrogen and oxygen atoms in total. The highest BCUT2D eigenvalue weighted by Gasteiger charge is 2.37. The van der Waals surface area contributed by atoms with Crippen LogP contribution in [0.1, 0.15) is 82.4 Å². The molecule has 23 heteroatoms. The van der Waals surface area contributed by atoms with Crippen molar-refractivity contribution in [1.82, 2.24) is 25.6 Å². The zero-order valence-corrected chi connectivity index (χ0v) is 50.2. The number of hydrogen-bond donors (Lipinski definition) is 3. The van der Waals surface area contributed by atoms with Gasteiger partial charge in [-0.25, -0.2) is 19.6 Å². The molecule has 4 aromatic carbocycles. The van der Waals surface area contributed by atoms with E-state index in [0.717, 1.165) is 34.2 Å². The molecule has 3 amide bonds. The highest BCUT2D eigenvalue weighted by molar-refractivity contribution is 6.02. The summed E-state index contributed by atoms with van der Waals surface area (Å²) in [6.45, 7) is 7.63. The number of aromatic nitrogens is 4. The second-order valence-electron chi connectivity index (χ2n) is 18.7. The third kappa shape index (κ3) is 22.5. The Hall–Kier alpha value is -10.5. The zero-order chi connectivity index (χ0) is 62.9. The van der Waals surface area contributed by atoms with Gasteiger partial charge in [0, 0.05) is 76.4 Å². The number of nitrogens with two attached hydrogens (primary N) is 1. The molecule has 8 aromatic rings. The molecule has 4 atom stereocenters. The monoisotopic (exact) mass is 1220 g/mol. The summed E-state index contributed by atoms with van der Waals surface area (Å²) in [7, 11) is 3.25. The standard InChI is InChI=1S/C21H20N4O4.C13H13NO3.C10H13N3O2.C8H9NO.C8H8O.C5H6O2.ClH/c1-13-18(21(27)25(2)19-16(28-13)9-6-10-22-19)23-20(26)17-12-15(24-29-17)11-14-7-4-3-5-8-14;1-2-16-13(15)12-9-11(14-17-12)8-10-6-4-3-5-7-10;1-6-8(11)10(14)13(2)9-7(15-6)4-3-5-12-9;10-9-7-6-8-4-2-1-3-5-8;9-7-6-8-4-2-1-3-5-8;1-3-5(6)7-4-2;/h3-10,12-13,18H,11H2,1-2H3,(H,23,26);3-7,9H,2,8H2,1H3;3-6,8H,11H2,1-2H3;1-5,7,10H,6H2;1-5,7H,6H2;1H,4H2,2H3;1H/b;;;9-7+;;;/t13-,18+;;6-,8+;;;;/m1.1..../s1. The highest BCUT2D eigenvalue weighted by atomic mass is 35.5. The van der Waals surface area contributed by atoms with E-state index < -0.39 is 36.0 Å². The summed E-state index contributed by atoms with van der Waals surface area (Å²) in [6, 6.07) is 47.8. The summed E-state index contributed by atoms with van der Waals surface area (Å²) in [5.41, 5.74) is 11.5. The number of carbonyl (C=O) groups is 6. The average molecular weight is 1220 g/mol. The first-order valence-electron chi connectivity index (χ1n) is 27.4. The van der Waals surface area contributed by atoms with Crippen molar-refractivity contribution in [2.75, 3.05) is 37.1 Å². The number of ether oxygens (including phenoxy) is 4. The number of oxime groups is 1. The predicted molar refractivity (Wildman–Crippen MR) is 332 cm³/mol. The second-order valence-corrected chi connectivity index (χ2v) is 18.7. The Morgan fingerprint density at radius 1 is 0.659 bits per heavy atom. The lowest BCUT2D eigenvalue weighted by Gasteiger charge is -2.22. The molecule has 10 rings (SSSR count). The minimum Gasteiger partial charge on any atom is -0.485 e. The van der Waals surface area contributed by atoms with Gasteiger partial charge >= 0.3 is 11.9 Å².